The minimum atomic E-state index is 0.329. The first-order valence-corrected chi connectivity index (χ1v) is 5.54. The molecule has 1 atom stereocenters. The van der Waals surface area contributed by atoms with Crippen LogP contribution in [0.3, 0.4) is 0 Å². The average Bonchev–Trinajstić information content (AvgIpc) is 2.35. The zero-order valence-corrected chi connectivity index (χ0v) is 10.2. The smallest absolute Gasteiger partial charge is 0.212 e. The molecule has 1 heterocycles. The molecule has 0 fully saturated rings. The van der Waals surface area contributed by atoms with E-state index < -0.39 is 0 Å². The Morgan fingerprint density at radius 2 is 2.25 bits per heavy atom. The van der Waals surface area contributed by atoms with E-state index in [0.717, 1.165) is 19.6 Å². The quantitative estimate of drug-likeness (QED) is 0.757. The molecule has 16 heavy (non-hydrogen) atoms. The Morgan fingerprint density at radius 3 is 2.75 bits per heavy atom. The fourth-order valence-electron chi connectivity index (χ4n) is 1.44. The maximum atomic E-state index is 5.40. The van der Waals surface area contributed by atoms with Crippen molar-refractivity contribution in [2.24, 2.45) is 0 Å². The summed E-state index contributed by atoms with van der Waals surface area (Å²) in [6.45, 7) is 3.47. The third-order valence-corrected chi connectivity index (χ3v) is 2.42. The number of pyridine rings is 1. The van der Waals surface area contributed by atoms with Crippen molar-refractivity contribution in [1.29, 1.82) is 0 Å². The summed E-state index contributed by atoms with van der Waals surface area (Å²) >= 11 is 0. The Morgan fingerprint density at radius 1 is 1.44 bits per heavy atom. The summed E-state index contributed by atoms with van der Waals surface area (Å²) in [5.41, 5.74) is 1.18. The average molecular weight is 224 g/mol. The molecule has 1 aromatic rings. The largest absolute Gasteiger partial charge is 0.481 e. The lowest BCUT2D eigenvalue weighted by Crippen LogP contribution is -2.32. The summed E-state index contributed by atoms with van der Waals surface area (Å²) in [6, 6.07) is 4.24. The van der Waals surface area contributed by atoms with Gasteiger partial charge in [0.2, 0.25) is 5.88 Å². The molecule has 0 aromatic carbocycles. The highest BCUT2D eigenvalue weighted by molar-refractivity contribution is 5.18. The Balaban J connectivity index is 2.49. The predicted octanol–water partition coefficient (Wildman–Crippen LogP) is 1.26. The van der Waals surface area contributed by atoms with E-state index in [2.05, 4.69) is 10.3 Å². The Kier molecular flexibility index (Phi) is 5.82. The van der Waals surface area contributed by atoms with Crippen molar-refractivity contribution in [3.05, 3.63) is 23.9 Å². The van der Waals surface area contributed by atoms with Crippen molar-refractivity contribution in [3.63, 3.8) is 0 Å². The lowest BCUT2D eigenvalue weighted by Gasteiger charge is -2.15. The number of nitrogens with zero attached hydrogens (tertiary/aromatic N) is 1. The molecule has 0 aliphatic carbocycles. The van der Waals surface area contributed by atoms with Crippen LogP contribution >= 0.6 is 0 Å². The minimum Gasteiger partial charge on any atom is -0.481 e. The van der Waals surface area contributed by atoms with Gasteiger partial charge in [0.15, 0.2) is 0 Å². The van der Waals surface area contributed by atoms with Gasteiger partial charge in [0.05, 0.1) is 13.7 Å². The van der Waals surface area contributed by atoms with E-state index in [-0.39, 0.29) is 0 Å². The predicted molar refractivity (Wildman–Crippen MR) is 63.8 cm³/mol. The van der Waals surface area contributed by atoms with Crippen LogP contribution in [0.25, 0.3) is 0 Å². The maximum absolute atomic E-state index is 5.40. The molecule has 0 spiro atoms. The topological polar surface area (TPSA) is 43.4 Å². The van der Waals surface area contributed by atoms with Crippen LogP contribution in [-0.2, 0) is 11.2 Å². The van der Waals surface area contributed by atoms with Crippen LogP contribution in [-0.4, -0.2) is 38.4 Å². The van der Waals surface area contributed by atoms with Crippen molar-refractivity contribution in [2.75, 3.05) is 27.4 Å². The van der Waals surface area contributed by atoms with Crippen molar-refractivity contribution in [3.8, 4) is 5.88 Å². The van der Waals surface area contributed by atoms with Gasteiger partial charge in [0.1, 0.15) is 0 Å². The molecule has 0 radical (unpaired) electrons. The number of methoxy groups -OCH3 is 1. The molecule has 0 saturated carbocycles. The normalized spacial score (nSPS) is 12.4. The summed E-state index contributed by atoms with van der Waals surface area (Å²) in [5.74, 6) is 0.648. The second-order valence-corrected chi connectivity index (χ2v) is 3.56. The number of nitrogens with one attached hydrogen (secondary N) is 1. The number of likely N-dealkylation sites (N-methyl/N-ethyl adjacent to an activating group) is 1. The van der Waals surface area contributed by atoms with Gasteiger partial charge in [-0.1, -0.05) is 6.07 Å². The van der Waals surface area contributed by atoms with Gasteiger partial charge in [-0.25, -0.2) is 4.98 Å². The molecule has 1 N–H and O–H groups in total. The van der Waals surface area contributed by atoms with E-state index >= 15 is 0 Å². The van der Waals surface area contributed by atoms with Crippen LogP contribution in [0.1, 0.15) is 12.5 Å². The molecule has 90 valence electrons. The van der Waals surface area contributed by atoms with Crippen LogP contribution in [0.15, 0.2) is 18.3 Å². The number of hydrogen-bond donors (Lipinski definition) is 1. The SMILES string of the molecule is CCOCC(Cc1ccc(OC)nc1)NC. The fourth-order valence-corrected chi connectivity index (χ4v) is 1.44. The van der Waals surface area contributed by atoms with Crippen molar-refractivity contribution in [1.82, 2.24) is 10.3 Å². The highest BCUT2D eigenvalue weighted by Crippen LogP contribution is 2.08. The van der Waals surface area contributed by atoms with E-state index in [0.29, 0.717) is 11.9 Å². The van der Waals surface area contributed by atoms with E-state index in [1.54, 1.807) is 7.11 Å². The van der Waals surface area contributed by atoms with Crippen LogP contribution in [0, 0.1) is 0 Å². The van der Waals surface area contributed by atoms with E-state index in [1.807, 2.05) is 32.3 Å². The fraction of sp³-hybridized carbons (Fsp3) is 0.583. The zero-order valence-electron chi connectivity index (χ0n) is 10.2. The molecule has 4 nitrogen and oxygen atoms in total. The molecule has 1 unspecified atom stereocenters. The highest BCUT2D eigenvalue weighted by atomic mass is 16.5. The Labute approximate surface area is 97.0 Å². The number of hydrogen-bond acceptors (Lipinski definition) is 4. The van der Waals surface area contributed by atoms with Crippen LogP contribution in [0.5, 0.6) is 5.88 Å². The highest BCUT2D eigenvalue weighted by Gasteiger charge is 2.07. The summed E-state index contributed by atoms with van der Waals surface area (Å²) < 4.78 is 10.4. The molecule has 4 heteroatoms. The second-order valence-electron chi connectivity index (χ2n) is 3.56. The monoisotopic (exact) mass is 224 g/mol. The summed E-state index contributed by atoms with van der Waals surface area (Å²) in [5, 5.41) is 3.23. The molecule has 1 rings (SSSR count). The van der Waals surface area contributed by atoms with E-state index in [4.69, 9.17) is 9.47 Å². The zero-order chi connectivity index (χ0) is 11.8. The lowest BCUT2D eigenvalue weighted by molar-refractivity contribution is 0.125. The standard InChI is InChI=1S/C12H20N2O2/c1-4-16-9-11(13-2)7-10-5-6-12(15-3)14-8-10/h5-6,8,11,13H,4,7,9H2,1-3H3. The van der Waals surface area contributed by atoms with Gasteiger partial charge in [-0.05, 0) is 26.0 Å². The lowest BCUT2D eigenvalue weighted by atomic mass is 10.1. The number of aromatic nitrogens is 1. The van der Waals surface area contributed by atoms with Crippen LogP contribution < -0.4 is 10.1 Å². The third kappa shape index (κ3) is 4.16. The minimum absolute atomic E-state index is 0.329. The van der Waals surface area contributed by atoms with Gasteiger partial charge < -0.3 is 14.8 Å². The Bertz CT molecular complexity index is 288. The van der Waals surface area contributed by atoms with Crippen molar-refractivity contribution in [2.45, 2.75) is 19.4 Å². The molecule has 0 saturated heterocycles. The van der Waals surface area contributed by atoms with Gasteiger partial charge in [0, 0.05) is 24.9 Å². The molecular weight excluding hydrogens is 204 g/mol. The summed E-state index contributed by atoms with van der Waals surface area (Å²) in [7, 11) is 3.56. The molecule has 1 aromatic heterocycles. The van der Waals surface area contributed by atoms with E-state index in [1.165, 1.54) is 5.56 Å². The van der Waals surface area contributed by atoms with Gasteiger partial charge >= 0.3 is 0 Å². The van der Waals surface area contributed by atoms with Crippen LogP contribution in [0.2, 0.25) is 0 Å². The van der Waals surface area contributed by atoms with Gasteiger partial charge in [-0.3, -0.25) is 0 Å². The molecule has 0 bridgehead atoms. The first-order valence-electron chi connectivity index (χ1n) is 5.54. The maximum Gasteiger partial charge on any atom is 0.212 e. The first-order chi connectivity index (χ1) is 7.80. The summed E-state index contributed by atoms with van der Waals surface area (Å²) in [6.07, 6.45) is 2.75. The second kappa shape index (κ2) is 7.19. The number of rotatable bonds is 7. The summed E-state index contributed by atoms with van der Waals surface area (Å²) in [4.78, 5) is 4.17. The van der Waals surface area contributed by atoms with Gasteiger partial charge in [-0.15, -0.1) is 0 Å². The number of ether oxygens (including phenoxy) is 2. The Hall–Kier alpha value is -1.13. The van der Waals surface area contributed by atoms with Gasteiger partial charge in [0.25, 0.3) is 0 Å². The molecule has 0 aliphatic heterocycles. The van der Waals surface area contributed by atoms with Crippen molar-refractivity contribution >= 4 is 0 Å². The van der Waals surface area contributed by atoms with E-state index in [9.17, 15) is 0 Å². The van der Waals surface area contributed by atoms with Crippen molar-refractivity contribution < 1.29 is 9.47 Å². The molecule has 0 aliphatic rings. The molecular formula is C12H20N2O2. The third-order valence-electron chi connectivity index (χ3n) is 2.42. The first kappa shape index (κ1) is 12.9. The van der Waals surface area contributed by atoms with Crippen LogP contribution in [0.4, 0.5) is 0 Å². The molecule has 0 amide bonds. The van der Waals surface area contributed by atoms with Gasteiger partial charge in [-0.2, -0.15) is 0 Å².